The Balaban J connectivity index is 2.23. The summed E-state index contributed by atoms with van der Waals surface area (Å²) in [6.45, 7) is 7.91. The van der Waals surface area contributed by atoms with Crippen molar-refractivity contribution in [3.05, 3.63) is 89.0 Å². The van der Waals surface area contributed by atoms with Crippen molar-refractivity contribution in [2.45, 2.75) is 33.4 Å². The fourth-order valence-electron chi connectivity index (χ4n) is 3.92. The molecular formula is C23H25O2P. The number of benzene rings is 2. The monoisotopic (exact) mass is 364 g/mol. The van der Waals surface area contributed by atoms with Gasteiger partial charge in [0.15, 0.2) is 7.14 Å². The van der Waals surface area contributed by atoms with Gasteiger partial charge in [-0.15, -0.1) is 0 Å². The van der Waals surface area contributed by atoms with Crippen LogP contribution in [-0.2, 0) is 4.57 Å². The lowest BCUT2D eigenvalue weighted by Crippen LogP contribution is -2.28. The summed E-state index contributed by atoms with van der Waals surface area (Å²) in [7, 11) is -3.36. The number of aryl methyl sites for hydroxylation is 3. The Kier molecular flexibility index (Phi) is 5.16. The van der Waals surface area contributed by atoms with Crippen molar-refractivity contribution < 1.29 is 9.36 Å². The van der Waals surface area contributed by atoms with E-state index in [4.69, 9.17) is 0 Å². The summed E-state index contributed by atoms with van der Waals surface area (Å²) in [5.74, 6) is 0.0426. The molecule has 0 aromatic heterocycles. The molecule has 0 spiro atoms. The molecule has 0 aliphatic heterocycles. The molecule has 3 unspecified atom stereocenters. The molecule has 0 heterocycles. The van der Waals surface area contributed by atoms with Gasteiger partial charge in [-0.2, -0.15) is 0 Å². The van der Waals surface area contributed by atoms with Crippen molar-refractivity contribution in [3.63, 3.8) is 0 Å². The number of rotatable bonds is 4. The van der Waals surface area contributed by atoms with Crippen LogP contribution in [0.2, 0.25) is 0 Å². The molecule has 1 aliphatic rings. The molecule has 0 radical (unpaired) electrons. The van der Waals surface area contributed by atoms with Gasteiger partial charge in [0.1, 0.15) is 0 Å². The first-order chi connectivity index (χ1) is 12.4. The molecule has 134 valence electrons. The lowest BCUT2D eigenvalue weighted by molar-refractivity contribution is 0.107. The minimum absolute atomic E-state index is 0.0426. The second kappa shape index (κ2) is 7.21. The van der Waals surface area contributed by atoms with Gasteiger partial charge in [0.2, 0.25) is 5.52 Å². The molecule has 3 heteroatoms. The van der Waals surface area contributed by atoms with Crippen LogP contribution in [0, 0.1) is 26.7 Å². The quantitative estimate of drug-likeness (QED) is 0.665. The van der Waals surface area contributed by atoms with Crippen LogP contribution in [0.3, 0.4) is 0 Å². The maximum Gasteiger partial charge on any atom is 0.226 e. The predicted octanol–water partition coefficient (Wildman–Crippen LogP) is 5.57. The smallest absolute Gasteiger partial charge is 0.226 e. The summed E-state index contributed by atoms with van der Waals surface area (Å²) in [5.41, 5.74) is 2.97. The normalized spacial score (nSPS) is 21.4. The first-order valence-corrected chi connectivity index (χ1v) is 10.8. The molecular weight excluding hydrogens is 339 g/mol. The summed E-state index contributed by atoms with van der Waals surface area (Å²) < 4.78 is 14.4. The van der Waals surface area contributed by atoms with Crippen molar-refractivity contribution in [2.24, 2.45) is 5.92 Å². The number of allylic oxidation sites excluding steroid dienone is 4. The SMILES string of the molecule is Cc1cc(C)c(C(=O)P(=O)(c2ccccc2)C2C=CC=CC2C)c(C)c1. The van der Waals surface area contributed by atoms with Gasteiger partial charge in [-0.05, 0) is 37.8 Å². The molecule has 2 aromatic carbocycles. The van der Waals surface area contributed by atoms with Crippen LogP contribution >= 0.6 is 7.14 Å². The molecule has 0 bridgehead atoms. The van der Waals surface area contributed by atoms with Crippen molar-refractivity contribution in [2.75, 3.05) is 0 Å². The van der Waals surface area contributed by atoms with E-state index in [9.17, 15) is 9.36 Å². The van der Waals surface area contributed by atoms with E-state index in [1.807, 2.05) is 94.5 Å². The maximum atomic E-state index is 14.4. The highest BCUT2D eigenvalue weighted by Gasteiger charge is 2.44. The van der Waals surface area contributed by atoms with Crippen LogP contribution in [0.4, 0.5) is 0 Å². The van der Waals surface area contributed by atoms with Gasteiger partial charge in [0, 0.05) is 16.5 Å². The molecule has 0 N–H and O–H groups in total. The summed E-state index contributed by atoms with van der Waals surface area (Å²) >= 11 is 0. The Morgan fingerprint density at radius 3 is 2.08 bits per heavy atom. The van der Waals surface area contributed by atoms with Gasteiger partial charge in [0.25, 0.3) is 0 Å². The number of hydrogen-bond donors (Lipinski definition) is 0. The number of carbonyl (C=O) groups is 1. The zero-order chi connectivity index (χ0) is 18.9. The van der Waals surface area contributed by atoms with Crippen molar-refractivity contribution in [3.8, 4) is 0 Å². The average Bonchev–Trinajstić information content (AvgIpc) is 2.61. The lowest BCUT2D eigenvalue weighted by atomic mass is 10.0. The summed E-state index contributed by atoms with van der Waals surface area (Å²) in [6, 6.07) is 13.3. The van der Waals surface area contributed by atoms with E-state index in [0.717, 1.165) is 16.7 Å². The molecule has 3 rings (SSSR count). The summed E-state index contributed by atoms with van der Waals surface area (Å²) in [4.78, 5) is 13.7. The van der Waals surface area contributed by atoms with E-state index >= 15 is 0 Å². The number of hydrogen-bond acceptors (Lipinski definition) is 2. The first-order valence-electron chi connectivity index (χ1n) is 8.98. The highest BCUT2D eigenvalue weighted by Crippen LogP contribution is 2.57. The maximum absolute atomic E-state index is 14.4. The van der Waals surface area contributed by atoms with Crippen LogP contribution in [-0.4, -0.2) is 11.2 Å². The number of carbonyl (C=O) groups excluding carboxylic acids is 1. The minimum atomic E-state index is -3.36. The van der Waals surface area contributed by atoms with E-state index in [1.165, 1.54) is 0 Å². The molecule has 2 aromatic rings. The molecule has 0 saturated heterocycles. The van der Waals surface area contributed by atoms with Crippen LogP contribution in [0.5, 0.6) is 0 Å². The fraction of sp³-hybridized carbons (Fsp3) is 0.261. The Hall–Kier alpha value is -2.18. The van der Waals surface area contributed by atoms with Gasteiger partial charge >= 0.3 is 0 Å². The molecule has 1 aliphatic carbocycles. The van der Waals surface area contributed by atoms with E-state index in [-0.39, 0.29) is 17.1 Å². The van der Waals surface area contributed by atoms with Crippen LogP contribution < -0.4 is 5.30 Å². The van der Waals surface area contributed by atoms with E-state index in [0.29, 0.717) is 10.9 Å². The topological polar surface area (TPSA) is 34.1 Å². The third kappa shape index (κ3) is 3.15. The predicted molar refractivity (Wildman–Crippen MR) is 110 cm³/mol. The Morgan fingerprint density at radius 2 is 1.50 bits per heavy atom. The van der Waals surface area contributed by atoms with Gasteiger partial charge < -0.3 is 4.57 Å². The molecule has 0 fully saturated rings. The second-order valence-corrected chi connectivity index (χ2v) is 10.0. The van der Waals surface area contributed by atoms with Crippen LogP contribution in [0.15, 0.2) is 66.8 Å². The lowest BCUT2D eigenvalue weighted by Gasteiger charge is -2.30. The third-order valence-corrected chi connectivity index (χ3v) is 8.50. The molecule has 0 saturated carbocycles. The van der Waals surface area contributed by atoms with Gasteiger partial charge in [-0.1, -0.05) is 79.3 Å². The Labute approximate surface area is 156 Å². The Bertz CT molecular complexity index is 915. The van der Waals surface area contributed by atoms with Crippen LogP contribution in [0.25, 0.3) is 0 Å². The van der Waals surface area contributed by atoms with E-state index in [2.05, 4.69) is 0 Å². The standard InChI is InChI=1S/C23H25O2P/c1-16-14-18(3)22(19(4)15-16)23(24)26(25,20-11-6-5-7-12-20)21-13-9-8-10-17(21)2/h5-15,17,21H,1-4H3. The van der Waals surface area contributed by atoms with Crippen molar-refractivity contribution in [1.29, 1.82) is 0 Å². The first kappa shape index (κ1) is 18.6. The third-order valence-electron chi connectivity index (χ3n) is 5.13. The highest BCUT2D eigenvalue weighted by molar-refractivity contribution is 7.88. The second-order valence-electron chi connectivity index (χ2n) is 7.19. The van der Waals surface area contributed by atoms with Gasteiger partial charge in [0.05, 0.1) is 0 Å². The van der Waals surface area contributed by atoms with Crippen molar-refractivity contribution in [1.82, 2.24) is 0 Å². The van der Waals surface area contributed by atoms with Gasteiger partial charge in [-0.3, -0.25) is 4.79 Å². The van der Waals surface area contributed by atoms with E-state index < -0.39 is 7.14 Å². The fourth-order valence-corrected chi connectivity index (χ4v) is 7.17. The zero-order valence-electron chi connectivity index (χ0n) is 15.8. The van der Waals surface area contributed by atoms with Crippen LogP contribution in [0.1, 0.15) is 34.0 Å². The average molecular weight is 364 g/mol. The van der Waals surface area contributed by atoms with Crippen molar-refractivity contribution >= 4 is 18.0 Å². The summed E-state index contributed by atoms with van der Waals surface area (Å²) in [5, 5.41) is 0.640. The van der Waals surface area contributed by atoms with E-state index in [1.54, 1.807) is 0 Å². The molecule has 2 nitrogen and oxygen atoms in total. The molecule has 3 atom stereocenters. The van der Waals surface area contributed by atoms with Gasteiger partial charge in [-0.25, -0.2) is 0 Å². The Morgan fingerprint density at radius 1 is 0.923 bits per heavy atom. The zero-order valence-corrected chi connectivity index (χ0v) is 16.7. The molecule has 26 heavy (non-hydrogen) atoms. The largest absolute Gasteiger partial charge is 0.310 e. The minimum Gasteiger partial charge on any atom is -0.310 e. The molecule has 0 amide bonds. The summed E-state index contributed by atoms with van der Waals surface area (Å²) in [6.07, 6.45) is 7.84. The highest BCUT2D eigenvalue weighted by atomic mass is 31.2.